The molecule has 2 rings (SSSR count). The number of methoxy groups -OCH3 is 2. The Hall–Kier alpha value is -2.24. The van der Waals surface area contributed by atoms with Gasteiger partial charge in [-0.3, -0.25) is 9.59 Å². The van der Waals surface area contributed by atoms with Gasteiger partial charge in [-0.1, -0.05) is 0 Å². The highest BCUT2D eigenvalue weighted by atomic mass is 16.5. The van der Waals surface area contributed by atoms with E-state index in [2.05, 4.69) is 5.32 Å². The summed E-state index contributed by atoms with van der Waals surface area (Å²) in [7, 11) is 3.16. The van der Waals surface area contributed by atoms with Crippen molar-refractivity contribution in [2.45, 2.75) is 19.4 Å². The number of carbonyl (C=O) groups is 2. The van der Waals surface area contributed by atoms with Crippen LogP contribution in [0.2, 0.25) is 0 Å². The lowest BCUT2D eigenvalue weighted by Crippen LogP contribution is -2.37. The second kappa shape index (κ2) is 6.97. The molecule has 0 unspecified atom stereocenters. The van der Waals surface area contributed by atoms with Crippen LogP contribution in [0.4, 0.5) is 0 Å². The summed E-state index contributed by atoms with van der Waals surface area (Å²) in [5.41, 5.74) is 0.861. The second-order valence-corrected chi connectivity index (χ2v) is 4.87. The van der Waals surface area contributed by atoms with E-state index in [9.17, 15) is 9.59 Å². The lowest BCUT2D eigenvalue weighted by atomic mass is 10.2. The molecule has 1 aliphatic heterocycles. The van der Waals surface area contributed by atoms with Crippen molar-refractivity contribution < 1.29 is 19.1 Å². The molecule has 1 fully saturated rings. The Morgan fingerprint density at radius 2 is 2.14 bits per heavy atom. The van der Waals surface area contributed by atoms with Gasteiger partial charge >= 0.3 is 0 Å². The minimum Gasteiger partial charge on any atom is -0.497 e. The molecule has 0 saturated carbocycles. The third kappa shape index (κ3) is 3.87. The predicted octanol–water partition coefficient (Wildman–Crippen LogP) is 0.942. The van der Waals surface area contributed by atoms with Crippen molar-refractivity contribution in [2.75, 3.05) is 27.3 Å². The van der Waals surface area contributed by atoms with Crippen molar-refractivity contribution in [1.82, 2.24) is 10.2 Å². The van der Waals surface area contributed by atoms with Crippen molar-refractivity contribution in [3.8, 4) is 11.5 Å². The highest BCUT2D eigenvalue weighted by Crippen LogP contribution is 2.24. The molecule has 0 aliphatic carbocycles. The van der Waals surface area contributed by atoms with Gasteiger partial charge < -0.3 is 19.7 Å². The highest BCUT2D eigenvalue weighted by Gasteiger charge is 2.22. The highest BCUT2D eigenvalue weighted by molar-refractivity contribution is 5.85. The first-order valence-electron chi connectivity index (χ1n) is 6.89. The smallest absolute Gasteiger partial charge is 0.239 e. The van der Waals surface area contributed by atoms with Crippen LogP contribution in [0.5, 0.6) is 11.5 Å². The largest absolute Gasteiger partial charge is 0.497 e. The Morgan fingerprint density at radius 3 is 2.76 bits per heavy atom. The lowest BCUT2D eigenvalue weighted by molar-refractivity contribution is -0.133. The fourth-order valence-corrected chi connectivity index (χ4v) is 2.29. The summed E-state index contributed by atoms with van der Waals surface area (Å²) >= 11 is 0. The van der Waals surface area contributed by atoms with Crippen molar-refractivity contribution in [2.24, 2.45) is 0 Å². The first-order chi connectivity index (χ1) is 10.1. The average Bonchev–Trinajstić information content (AvgIpc) is 2.90. The van der Waals surface area contributed by atoms with E-state index in [0.29, 0.717) is 31.0 Å². The van der Waals surface area contributed by atoms with Crippen molar-refractivity contribution >= 4 is 11.8 Å². The minimum atomic E-state index is -0.164. The third-order valence-electron chi connectivity index (χ3n) is 3.48. The van der Waals surface area contributed by atoms with Gasteiger partial charge in [0.05, 0.1) is 20.8 Å². The van der Waals surface area contributed by atoms with Crippen LogP contribution >= 0.6 is 0 Å². The molecular formula is C15H20N2O4. The molecule has 1 aromatic rings. The zero-order chi connectivity index (χ0) is 15.2. The van der Waals surface area contributed by atoms with Gasteiger partial charge in [0, 0.05) is 31.1 Å². The first kappa shape index (κ1) is 15.2. The van der Waals surface area contributed by atoms with Crippen LogP contribution in [0, 0.1) is 0 Å². The van der Waals surface area contributed by atoms with Gasteiger partial charge in [0.1, 0.15) is 11.5 Å². The van der Waals surface area contributed by atoms with E-state index in [1.165, 1.54) is 0 Å². The number of nitrogens with zero attached hydrogens (tertiary/aromatic N) is 1. The Labute approximate surface area is 124 Å². The second-order valence-electron chi connectivity index (χ2n) is 4.87. The summed E-state index contributed by atoms with van der Waals surface area (Å²) in [5.74, 6) is 1.24. The average molecular weight is 292 g/mol. The molecule has 0 spiro atoms. The zero-order valence-corrected chi connectivity index (χ0v) is 12.3. The standard InChI is InChI=1S/C15H20N2O4/c1-20-12-6-5-11(13(8-12)21-2)9-16-14(18)10-17-7-3-4-15(17)19/h5-6,8H,3-4,7,9-10H2,1-2H3,(H,16,18). The molecule has 0 aromatic heterocycles. The summed E-state index contributed by atoms with van der Waals surface area (Å²) in [5, 5.41) is 2.80. The molecular weight excluding hydrogens is 272 g/mol. The molecule has 6 heteroatoms. The first-order valence-corrected chi connectivity index (χ1v) is 6.89. The SMILES string of the molecule is COc1ccc(CNC(=O)CN2CCCC2=O)c(OC)c1. The van der Waals surface area contributed by atoms with E-state index in [1.807, 2.05) is 12.1 Å². The Kier molecular flexibility index (Phi) is 5.03. The number of amides is 2. The van der Waals surface area contributed by atoms with E-state index >= 15 is 0 Å². The van der Waals surface area contributed by atoms with Crippen molar-refractivity contribution in [1.29, 1.82) is 0 Å². The number of nitrogens with one attached hydrogen (secondary N) is 1. The summed E-state index contributed by atoms with van der Waals surface area (Å²) < 4.78 is 10.4. The predicted molar refractivity (Wildman–Crippen MR) is 77.2 cm³/mol. The summed E-state index contributed by atoms with van der Waals surface area (Å²) in [6.07, 6.45) is 1.37. The van der Waals surface area contributed by atoms with E-state index < -0.39 is 0 Å². The Bertz CT molecular complexity index is 530. The molecule has 0 atom stereocenters. The van der Waals surface area contributed by atoms with Crippen molar-refractivity contribution in [3.63, 3.8) is 0 Å². The van der Waals surface area contributed by atoms with Crippen LogP contribution < -0.4 is 14.8 Å². The van der Waals surface area contributed by atoms with Gasteiger partial charge in [-0.05, 0) is 18.6 Å². The number of ether oxygens (including phenoxy) is 2. The van der Waals surface area contributed by atoms with Gasteiger partial charge in [0.2, 0.25) is 11.8 Å². The van der Waals surface area contributed by atoms with Crippen LogP contribution in [0.25, 0.3) is 0 Å². The normalized spacial score (nSPS) is 14.2. The van der Waals surface area contributed by atoms with Crippen LogP contribution in [0.1, 0.15) is 18.4 Å². The molecule has 0 bridgehead atoms. The number of hydrogen-bond acceptors (Lipinski definition) is 4. The molecule has 6 nitrogen and oxygen atoms in total. The fraction of sp³-hybridized carbons (Fsp3) is 0.467. The third-order valence-corrected chi connectivity index (χ3v) is 3.48. The summed E-state index contributed by atoms with van der Waals surface area (Å²) in [6, 6.07) is 5.43. The molecule has 1 aliphatic rings. The van der Waals surface area contributed by atoms with Gasteiger partial charge in [-0.25, -0.2) is 0 Å². The van der Waals surface area contributed by atoms with Crippen molar-refractivity contribution in [3.05, 3.63) is 23.8 Å². The maximum Gasteiger partial charge on any atom is 0.239 e. The topological polar surface area (TPSA) is 67.9 Å². The Balaban J connectivity index is 1.90. The number of hydrogen-bond donors (Lipinski definition) is 1. The van der Waals surface area contributed by atoms with E-state index in [1.54, 1.807) is 25.2 Å². The van der Waals surface area contributed by atoms with E-state index in [4.69, 9.17) is 9.47 Å². The van der Waals surface area contributed by atoms with Crippen LogP contribution in [-0.2, 0) is 16.1 Å². The summed E-state index contributed by atoms with van der Waals surface area (Å²) in [6.45, 7) is 1.14. The molecule has 0 radical (unpaired) electrons. The Morgan fingerprint density at radius 1 is 1.33 bits per heavy atom. The zero-order valence-electron chi connectivity index (χ0n) is 12.3. The fourth-order valence-electron chi connectivity index (χ4n) is 2.29. The lowest BCUT2D eigenvalue weighted by Gasteiger charge is -2.16. The molecule has 1 saturated heterocycles. The minimum absolute atomic E-state index is 0.0483. The molecule has 114 valence electrons. The maximum atomic E-state index is 11.9. The molecule has 21 heavy (non-hydrogen) atoms. The number of rotatable bonds is 6. The number of benzene rings is 1. The number of likely N-dealkylation sites (tertiary alicyclic amines) is 1. The molecule has 1 aromatic carbocycles. The van der Waals surface area contributed by atoms with E-state index in [-0.39, 0.29) is 18.4 Å². The van der Waals surface area contributed by atoms with Gasteiger partial charge in [0.15, 0.2) is 0 Å². The van der Waals surface area contributed by atoms with Crippen LogP contribution in [0.15, 0.2) is 18.2 Å². The van der Waals surface area contributed by atoms with E-state index in [0.717, 1.165) is 12.0 Å². The molecule has 1 heterocycles. The van der Waals surface area contributed by atoms with Gasteiger partial charge in [0.25, 0.3) is 0 Å². The molecule has 2 amide bonds. The monoisotopic (exact) mass is 292 g/mol. The van der Waals surface area contributed by atoms with Crippen LogP contribution in [-0.4, -0.2) is 44.0 Å². The maximum absolute atomic E-state index is 11.9. The van der Waals surface area contributed by atoms with Gasteiger partial charge in [-0.2, -0.15) is 0 Å². The summed E-state index contributed by atoms with van der Waals surface area (Å²) in [4.78, 5) is 24.9. The quantitative estimate of drug-likeness (QED) is 0.847. The van der Waals surface area contributed by atoms with Gasteiger partial charge in [-0.15, -0.1) is 0 Å². The molecule has 1 N–H and O–H groups in total. The van der Waals surface area contributed by atoms with Crippen LogP contribution in [0.3, 0.4) is 0 Å². The number of carbonyl (C=O) groups excluding carboxylic acids is 2.